The highest BCUT2D eigenvalue weighted by Crippen LogP contribution is 2.54. The Balaban J connectivity index is 1.68. The maximum Gasteiger partial charge on any atom is 0.161 e. The molecule has 5 heteroatoms. The standard InChI is InChI=1S/C21H30N2O3/c1-5-9-21-13-22-11-20(3,19(21)24)12-23(14-21)18(22)15-7-8-16(26-6-2)17(10-15)25-4/h7-8,10,18H,5-6,9,11-14H2,1-4H3. The second-order valence-corrected chi connectivity index (χ2v) is 8.45. The zero-order chi connectivity index (χ0) is 18.5. The van der Waals surface area contributed by atoms with Crippen molar-refractivity contribution in [3.8, 4) is 11.5 Å². The molecule has 4 aliphatic heterocycles. The largest absolute Gasteiger partial charge is 0.493 e. The van der Waals surface area contributed by atoms with Crippen LogP contribution in [0.3, 0.4) is 0 Å². The number of ether oxygens (including phenoxy) is 2. The summed E-state index contributed by atoms with van der Waals surface area (Å²) in [5.74, 6) is 2.07. The molecule has 0 N–H and O–H groups in total. The number of nitrogens with zero attached hydrogens (tertiary/aromatic N) is 2. The molecule has 1 aromatic carbocycles. The summed E-state index contributed by atoms with van der Waals surface area (Å²) in [5.41, 5.74) is 0.829. The minimum Gasteiger partial charge on any atom is -0.493 e. The molecule has 5 nitrogen and oxygen atoms in total. The maximum atomic E-state index is 13.2. The van der Waals surface area contributed by atoms with Crippen LogP contribution in [0, 0.1) is 10.8 Å². The lowest BCUT2D eigenvalue weighted by Gasteiger charge is -2.65. The van der Waals surface area contributed by atoms with Gasteiger partial charge in [0.25, 0.3) is 0 Å². The molecule has 26 heavy (non-hydrogen) atoms. The first-order valence-corrected chi connectivity index (χ1v) is 9.80. The zero-order valence-corrected chi connectivity index (χ0v) is 16.4. The second-order valence-electron chi connectivity index (χ2n) is 8.45. The van der Waals surface area contributed by atoms with E-state index in [4.69, 9.17) is 9.47 Å². The van der Waals surface area contributed by atoms with Gasteiger partial charge in [0.1, 0.15) is 5.78 Å². The van der Waals surface area contributed by atoms with Gasteiger partial charge in [-0.1, -0.05) is 26.3 Å². The van der Waals surface area contributed by atoms with Crippen LogP contribution in [0.4, 0.5) is 0 Å². The quantitative estimate of drug-likeness (QED) is 0.782. The number of hydrogen-bond donors (Lipinski definition) is 0. The summed E-state index contributed by atoms with van der Waals surface area (Å²) in [4.78, 5) is 18.2. The molecular weight excluding hydrogens is 328 g/mol. The third-order valence-corrected chi connectivity index (χ3v) is 6.35. The molecule has 2 atom stereocenters. The summed E-state index contributed by atoms with van der Waals surface area (Å²) >= 11 is 0. The molecule has 1 aromatic rings. The van der Waals surface area contributed by atoms with Crippen LogP contribution in [-0.2, 0) is 4.79 Å². The van der Waals surface area contributed by atoms with Crippen LogP contribution in [0.15, 0.2) is 18.2 Å². The van der Waals surface area contributed by atoms with Gasteiger partial charge in [-0.05, 0) is 31.0 Å². The molecule has 0 aromatic heterocycles. The van der Waals surface area contributed by atoms with Gasteiger partial charge >= 0.3 is 0 Å². The van der Waals surface area contributed by atoms with Crippen LogP contribution < -0.4 is 9.47 Å². The van der Waals surface area contributed by atoms with E-state index in [2.05, 4.69) is 35.8 Å². The predicted octanol–water partition coefficient (Wildman–Crippen LogP) is 3.10. The van der Waals surface area contributed by atoms with Crippen molar-refractivity contribution in [2.75, 3.05) is 39.9 Å². The molecular formula is C21H30N2O3. The average molecular weight is 358 g/mol. The number of hydrogen-bond acceptors (Lipinski definition) is 5. The van der Waals surface area contributed by atoms with E-state index in [0.29, 0.717) is 12.4 Å². The number of rotatable bonds is 6. The summed E-state index contributed by atoms with van der Waals surface area (Å²) in [6, 6.07) is 6.27. The fourth-order valence-corrected chi connectivity index (χ4v) is 5.68. The number of carbonyl (C=O) groups is 1. The van der Waals surface area contributed by atoms with Crippen LogP contribution in [-0.4, -0.2) is 55.5 Å². The highest BCUT2D eigenvalue weighted by atomic mass is 16.5. The van der Waals surface area contributed by atoms with E-state index in [-0.39, 0.29) is 17.0 Å². The lowest BCUT2D eigenvalue weighted by atomic mass is 9.59. The first-order chi connectivity index (χ1) is 12.5. The highest BCUT2D eigenvalue weighted by Gasteiger charge is 2.63. The summed E-state index contributed by atoms with van der Waals surface area (Å²) in [5, 5.41) is 0. The van der Waals surface area contributed by atoms with Crippen molar-refractivity contribution in [3.05, 3.63) is 23.8 Å². The molecule has 4 bridgehead atoms. The molecule has 2 unspecified atom stereocenters. The summed E-state index contributed by atoms with van der Waals surface area (Å²) in [6.07, 6.45) is 2.28. The van der Waals surface area contributed by atoms with E-state index in [1.807, 2.05) is 13.0 Å². The Bertz CT molecular complexity index is 701. The van der Waals surface area contributed by atoms with E-state index in [1.165, 1.54) is 5.56 Å². The van der Waals surface area contributed by atoms with Crippen LogP contribution >= 0.6 is 0 Å². The second kappa shape index (κ2) is 6.24. The molecule has 142 valence electrons. The Hall–Kier alpha value is -1.59. The highest BCUT2D eigenvalue weighted by molar-refractivity contribution is 5.93. The van der Waals surface area contributed by atoms with Crippen LogP contribution in [0.5, 0.6) is 11.5 Å². The molecule has 0 spiro atoms. The Morgan fingerprint density at radius 3 is 2.38 bits per heavy atom. The first-order valence-electron chi connectivity index (χ1n) is 9.80. The normalized spacial score (nSPS) is 37.8. The number of ketones is 1. The van der Waals surface area contributed by atoms with E-state index >= 15 is 0 Å². The predicted molar refractivity (Wildman–Crippen MR) is 101 cm³/mol. The van der Waals surface area contributed by atoms with Crippen LogP contribution in [0.1, 0.15) is 45.3 Å². The number of methoxy groups -OCH3 is 1. The van der Waals surface area contributed by atoms with E-state index in [0.717, 1.165) is 50.5 Å². The number of carbonyl (C=O) groups excluding carboxylic acids is 1. The summed E-state index contributed by atoms with van der Waals surface area (Å²) in [6.45, 7) is 10.4. The van der Waals surface area contributed by atoms with Crippen molar-refractivity contribution in [2.24, 2.45) is 10.8 Å². The van der Waals surface area contributed by atoms with E-state index in [9.17, 15) is 4.79 Å². The third kappa shape index (κ3) is 2.48. The summed E-state index contributed by atoms with van der Waals surface area (Å²) in [7, 11) is 1.69. The van der Waals surface area contributed by atoms with Crippen molar-refractivity contribution >= 4 is 5.78 Å². The minimum atomic E-state index is -0.225. The molecule has 0 radical (unpaired) electrons. The Kier molecular flexibility index (Phi) is 4.27. The van der Waals surface area contributed by atoms with Crippen molar-refractivity contribution in [2.45, 2.75) is 39.8 Å². The molecule has 0 saturated carbocycles. The van der Waals surface area contributed by atoms with Gasteiger partial charge in [0.05, 0.1) is 30.7 Å². The zero-order valence-electron chi connectivity index (χ0n) is 16.4. The van der Waals surface area contributed by atoms with Gasteiger partial charge in [-0.15, -0.1) is 0 Å². The fourth-order valence-electron chi connectivity index (χ4n) is 5.68. The maximum absolute atomic E-state index is 13.2. The van der Waals surface area contributed by atoms with Crippen molar-refractivity contribution in [1.29, 1.82) is 0 Å². The Morgan fingerprint density at radius 2 is 1.81 bits per heavy atom. The van der Waals surface area contributed by atoms with E-state index < -0.39 is 0 Å². The van der Waals surface area contributed by atoms with Gasteiger partial charge in [0.15, 0.2) is 11.5 Å². The monoisotopic (exact) mass is 358 g/mol. The number of Topliss-reactive ketones (excluding diaryl/α,β-unsaturated/α-hetero) is 1. The Labute approximate surface area is 156 Å². The lowest BCUT2D eigenvalue weighted by Crippen LogP contribution is -2.76. The van der Waals surface area contributed by atoms with Crippen molar-refractivity contribution in [1.82, 2.24) is 9.80 Å². The van der Waals surface area contributed by atoms with E-state index in [1.54, 1.807) is 7.11 Å². The first kappa shape index (κ1) is 17.8. The van der Waals surface area contributed by atoms with Gasteiger partial charge in [-0.25, -0.2) is 0 Å². The smallest absolute Gasteiger partial charge is 0.161 e. The molecule has 5 rings (SSSR count). The number of benzene rings is 1. The van der Waals surface area contributed by atoms with Gasteiger partial charge in [0.2, 0.25) is 0 Å². The molecule has 4 aliphatic rings. The van der Waals surface area contributed by atoms with Gasteiger partial charge in [0, 0.05) is 26.2 Å². The fraction of sp³-hybridized carbons (Fsp3) is 0.667. The van der Waals surface area contributed by atoms with Crippen molar-refractivity contribution < 1.29 is 14.3 Å². The summed E-state index contributed by atoms with van der Waals surface area (Å²) < 4.78 is 11.2. The van der Waals surface area contributed by atoms with Crippen LogP contribution in [0.2, 0.25) is 0 Å². The molecule has 0 aliphatic carbocycles. The van der Waals surface area contributed by atoms with Gasteiger partial charge < -0.3 is 9.47 Å². The molecule has 4 heterocycles. The van der Waals surface area contributed by atoms with Crippen molar-refractivity contribution in [3.63, 3.8) is 0 Å². The third-order valence-electron chi connectivity index (χ3n) is 6.35. The van der Waals surface area contributed by atoms with Crippen LogP contribution in [0.25, 0.3) is 0 Å². The number of piperidine rings is 2. The average Bonchev–Trinajstić information content (AvgIpc) is 2.60. The topological polar surface area (TPSA) is 42.0 Å². The molecule has 4 saturated heterocycles. The Morgan fingerprint density at radius 1 is 1.12 bits per heavy atom. The molecule has 4 fully saturated rings. The van der Waals surface area contributed by atoms with Gasteiger partial charge in [-0.3, -0.25) is 14.6 Å². The van der Waals surface area contributed by atoms with Gasteiger partial charge in [-0.2, -0.15) is 0 Å². The molecule has 0 amide bonds. The SMILES string of the molecule is CCCC12CN3CC(C)(CN(C1)C3c1ccc(OCC)c(OC)c1)C2=O. The lowest BCUT2D eigenvalue weighted by molar-refractivity contribution is -0.201. The minimum absolute atomic E-state index is 0.175.